The third kappa shape index (κ3) is 3.14. The van der Waals surface area contributed by atoms with Gasteiger partial charge in [0.2, 0.25) is 0 Å². The number of aryl methyl sites for hydroxylation is 1. The van der Waals surface area contributed by atoms with Crippen LogP contribution in [0.5, 0.6) is 5.75 Å². The Morgan fingerprint density at radius 3 is 2.59 bits per heavy atom. The highest BCUT2D eigenvalue weighted by atomic mass is 32.2. The Morgan fingerprint density at radius 2 is 2.06 bits per heavy atom. The van der Waals surface area contributed by atoms with E-state index in [1.54, 1.807) is 30.2 Å². The molecule has 0 saturated carbocycles. The van der Waals surface area contributed by atoms with Crippen LogP contribution in [-0.2, 0) is 5.75 Å². The zero-order valence-corrected chi connectivity index (χ0v) is 11.4. The Morgan fingerprint density at radius 1 is 1.35 bits per heavy atom. The number of anilines is 1. The van der Waals surface area contributed by atoms with E-state index < -0.39 is 0 Å². The molecule has 2 N–H and O–H groups in total. The Labute approximate surface area is 109 Å². The molecule has 0 radical (unpaired) electrons. The van der Waals surface area contributed by atoms with Crippen molar-refractivity contribution in [3.05, 3.63) is 35.5 Å². The number of aromatic nitrogens is 1. The molecule has 3 nitrogen and oxygen atoms in total. The van der Waals surface area contributed by atoms with Gasteiger partial charge in [-0.25, -0.2) is 4.98 Å². The summed E-state index contributed by atoms with van der Waals surface area (Å²) < 4.78 is 6.32. The number of nitrogens with two attached hydrogens (primary N) is 1. The van der Waals surface area contributed by atoms with Crippen molar-refractivity contribution in [3.63, 3.8) is 0 Å². The summed E-state index contributed by atoms with van der Waals surface area (Å²) >= 11 is 3.32. The standard InChI is InChI=1S/C12H14N2OS2/c1-8-11(17-12(13)14-8)16-7-9-3-5-10(15-2)6-4-9/h3-6H,7H2,1-2H3,(H2,13,14). The van der Waals surface area contributed by atoms with Gasteiger partial charge in [-0.3, -0.25) is 0 Å². The van der Waals surface area contributed by atoms with E-state index >= 15 is 0 Å². The van der Waals surface area contributed by atoms with Crippen molar-refractivity contribution in [1.29, 1.82) is 0 Å². The smallest absolute Gasteiger partial charge is 0.181 e. The second-order valence-electron chi connectivity index (χ2n) is 3.56. The van der Waals surface area contributed by atoms with Gasteiger partial charge in [0.25, 0.3) is 0 Å². The van der Waals surface area contributed by atoms with Crippen molar-refractivity contribution in [1.82, 2.24) is 4.98 Å². The number of thioether (sulfide) groups is 1. The van der Waals surface area contributed by atoms with Crippen molar-refractivity contribution in [3.8, 4) is 5.75 Å². The van der Waals surface area contributed by atoms with E-state index in [4.69, 9.17) is 10.5 Å². The predicted octanol–water partition coefficient (Wildman–Crippen LogP) is 3.33. The minimum Gasteiger partial charge on any atom is -0.497 e. The van der Waals surface area contributed by atoms with Crippen LogP contribution in [0.1, 0.15) is 11.3 Å². The third-order valence-electron chi connectivity index (χ3n) is 2.30. The topological polar surface area (TPSA) is 48.1 Å². The molecule has 0 fully saturated rings. The summed E-state index contributed by atoms with van der Waals surface area (Å²) in [6, 6.07) is 8.10. The lowest BCUT2D eigenvalue weighted by Gasteiger charge is -2.02. The van der Waals surface area contributed by atoms with E-state index in [0.29, 0.717) is 5.13 Å². The van der Waals surface area contributed by atoms with Crippen molar-refractivity contribution < 1.29 is 4.74 Å². The van der Waals surface area contributed by atoms with Crippen LogP contribution in [0.2, 0.25) is 0 Å². The van der Waals surface area contributed by atoms with E-state index in [0.717, 1.165) is 17.2 Å². The second-order valence-corrected chi connectivity index (χ2v) is 5.84. The lowest BCUT2D eigenvalue weighted by Crippen LogP contribution is -1.84. The molecule has 0 spiro atoms. The largest absolute Gasteiger partial charge is 0.497 e. The van der Waals surface area contributed by atoms with Gasteiger partial charge in [-0.05, 0) is 24.6 Å². The first-order chi connectivity index (χ1) is 8.19. The summed E-state index contributed by atoms with van der Waals surface area (Å²) in [5.74, 6) is 1.81. The number of ether oxygens (including phenoxy) is 1. The van der Waals surface area contributed by atoms with Gasteiger partial charge in [0.1, 0.15) is 5.75 Å². The van der Waals surface area contributed by atoms with Crippen LogP contribution < -0.4 is 10.5 Å². The van der Waals surface area contributed by atoms with Crippen LogP contribution in [0.3, 0.4) is 0 Å². The van der Waals surface area contributed by atoms with Gasteiger partial charge >= 0.3 is 0 Å². The van der Waals surface area contributed by atoms with Crippen LogP contribution in [0.25, 0.3) is 0 Å². The minimum absolute atomic E-state index is 0.639. The number of nitrogens with zero attached hydrogens (tertiary/aromatic N) is 1. The molecule has 0 atom stereocenters. The Kier molecular flexibility index (Phi) is 3.91. The fraction of sp³-hybridized carbons (Fsp3) is 0.250. The van der Waals surface area contributed by atoms with Crippen LogP contribution >= 0.6 is 23.1 Å². The SMILES string of the molecule is COc1ccc(CSc2sc(N)nc2C)cc1. The molecule has 2 aromatic rings. The van der Waals surface area contributed by atoms with Gasteiger partial charge in [-0.1, -0.05) is 23.5 Å². The molecule has 0 bridgehead atoms. The number of thiazole rings is 1. The summed E-state index contributed by atoms with van der Waals surface area (Å²) in [5, 5.41) is 0.639. The molecule has 17 heavy (non-hydrogen) atoms. The summed E-state index contributed by atoms with van der Waals surface area (Å²) in [6.45, 7) is 1.99. The normalized spacial score (nSPS) is 10.5. The first-order valence-corrected chi connectivity index (χ1v) is 6.98. The third-order valence-corrected chi connectivity index (χ3v) is 4.72. The van der Waals surface area contributed by atoms with Crippen molar-refractivity contribution in [2.24, 2.45) is 0 Å². The maximum Gasteiger partial charge on any atom is 0.181 e. The highest BCUT2D eigenvalue weighted by molar-refractivity contribution is 8.00. The molecule has 0 unspecified atom stereocenters. The number of methoxy groups -OCH3 is 1. The first-order valence-electron chi connectivity index (χ1n) is 5.17. The summed E-state index contributed by atoms with van der Waals surface area (Å²) in [4.78, 5) is 4.21. The molecule has 1 aromatic carbocycles. The van der Waals surface area contributed by atoms with Crippen molar-refractivity contribution >= 4 is 28.2 Å². The fourth-order valence-corrected chi connectivity index (χ4v) is 3.39. The Balaban J connectivity index is 1.99. The average molecular weight is 266 g/mol. The zero-order valence-electron chi connectivity index (χ0n) is 9.77. The number of nitrogen functional groups attached to an aromatic ring is 1. The average Bonchev–Trinajstić information content (AvgIpc) is 2.66. The minimum atomic E-state index is 0.639. The van der Waals surface area contributed by atoms with Gasteiger partial charge in [0, 0.05) is 5.75 Å². The molecule has 0 aliphatic carbocycles. The number of benzene rings is 1. The van der Waals surface area contributed by atoms with Gasteiger partial charge in [-0.2, -0.15) is 0 Å². The molecule has 1 heterocycles. The summed E-state index contributed by atoms with van der Waals surface area (Å²) in [7, 11) is 1.67. The Hall–Kier alpha value is -1.20. The van der Waals surface area contributed by atoms with Gasteiger partial charge < -0.3 is 10.5 Å². The second kappa shape index (κ2) is 5.42. The summed E-state index contributed by atoms with van der Waals surface area (Å²) in [6.07, 6.45) is 0. The molecule has 0 aliphatic rings. The number of hydrogen-bond donors (Lipinski definition) is 1. The van der Waals surface area contributed by atoms with Gasteiger partial charge in [-0.15, -0.1) is 11.8 Å². The first kappa shape index (κ1) is 12.3. The van der Waals surface area contributed by atoms with E-state index in [-0.39, 0.29) is 0 Å². The molecular weight excluding hydrogens is 252 g/mol. The highest BCUT2D eigenvalue weighted by Gasteiger charge is 2.06. The van der Waals surface area contributed by atoms with Crippen LogP contribution in [0.15, 0.2) is 28.5 Å². The molecule has 90 valence electrons. The van der Waals surface area contributed by atoms with Crippen LogP contribution in [-0.4, -0.2) is 12.1 Å². The van der Waals surface area contributed by atoms with E-state index in [1.807, 2.05) is 19.1 Å². The van der Waals surface area contributed by atoms with Crippen molar-refractivity contribution in [2.75, 3.05) is 12.8 Å². The van der Waals surface area contributed by atoms with Gasteiger partial charge in [0.15, 0.2) is 5.13 Å². The van der Waals surface area contributed by atoms with Crippen LogP contribution in [0.4, 0.5) is 5.13 Å². The monoisotopic (exact) mass is 266 g/mol. The van der Waals surface area contributed by atoms with E-state index in [2.05, 4.69) is 17.1 Å². The maximum atomic E-state index is 5.66. The van der Waals surface area contributed by atoms with E-state index in [1.165, 1.54) is 9.77 Å². The quantitative estimate of drug-likeness (QED) is 0.862. The molecule has 0 amide bonds. The number of rotatable bonds is 4. The Bertz CT molecular complexity index is 494. The molecule has 1 aromatic heterocycles. The van der Waals surface area contributed by atoms with Crippen molar-refractivity contribution in [2.45, 2.75) is 16.9 Å². The van der Waals surface area contributed by atoms with Gasteiger partial charge in [0.05, 0.1) is 17.0 Å². The maximum absolute atomic E-state index is 5.66. The molecule has 5 heteroatoms. The van der Waals surface area contributed by atoms with E-state index in [9.17, 15) is 0 Å². The lowest BCUT2D eigenvalue weighted by atomic mass is 10.2. The predicted molar refractivity (Wildman–Crippen MR) is 73.8 cm³/mol. The lowest BCUT2D eigenvalue weighted by molar-refractivity contribution is 0.414. The summed E-state index contributed by atoms with van der Waals surface area (Å²) in [5.41, 5.74) is 7.95. The number of hydrogen-bond acceptors (Lipinski definition) is 5. The molecule has 2 rings (SSSR count). The molecular formula is C12H14N2OS2. The van der Waals surface area contributed by atoms with Crippen LogP contribution in [0, 0.1) is 6.92 Å². The molecule has 0 aliphatic heterocycles. The molecule has 0 saturated heterocycles. The highest BCUT2D eigenvalue weighted by Crippen LogP contribution is 2.32. The fourth-order valence-electron chi connectivity index (χ4n) is 1.41. The zero-order chi connectivity index (χ0) is 12.3.